The molecule has 4 nitrogen and oxygen atoms in total. The molecule has 0 aliphatic carbocycles. The van der Waals surface area contributed by atoms with E-state index in [1.807, 2.05) is 0 Å². The minimum atomic E-state index is -6.74. The number of halogens is 9. The molecule has 1 rings (SSSR count). The zero-order valence-corrected chi connectivity index (χ0v) is 14.4. The number of nitrogens with zero attached hydrogens (tertiary/aromatic N) is 2. The Kier molecular flexibility index (Phi) is 6.09. The first-order valence-corrected chi connectivity index (χ1v) is 7.14. The summed E-state index contributed by atoms with van der Waals surface area (Å²) in [4.78, 5) is 23.8. The SMILES string of the molecule is CN(C)C(=O)N(C(=O)C(F)(F)C(F)(F)C(F)(F)F)c1ccc(Cl)c(Cl)c1. The van der Waals surface area contributed by atoms with Crippen molar-refractivity contribution in [3.05, 3.63) is 28.2 Å². The highest BCUT2D eigenvalue weighted by Gasteiger charge is 2.77. The molecule has 0 aromatic heterocycles. The topological polar surface area (TPSA) is 40.6 Å². The highest BCUT2D eigenvalue weighted by atomic mass is 35.5. The van der Waals surface area contributed by atoms with E-state index in [0.29, 0.717) is 11.0 Å². The van der Waals surface area contributed by atoms with Crippen molar-refractivity contribution in [2.75, 3.05) is 19.0 Å². The van der Waals surface area contributed by atoms with Crippen LogP contribution in [0.2, 0.25) is 10.0 Å². The number of hydrogen-bond donors (Lipinski definition) is 0. The highest BCUT2D eigenvalue weighted by molar-refractivity contribution is 6.42. The van der Waals surface area contributed by atoms with E-state index in [9.17, 15) is 40.3 Å². The lowest BCUT2D eigenvalue weighted by atomic mass is 10.1. The zero-order valence-electron chi connectivity index (χ0n) is 12.8. The van der Waals surface area contributed by atoms with Gasteiger partial charge in [0.1, 0.15) is 0 Å². The maximum atomic E-state index is 13.7. The van der Waals surface area contributed by atoms with Crippen LogP contribution in [0.25, 0.3) is 0 Å². The van der Waals surface area contributed by atoms with Gasteiger partial charge in [-0.05, 0) is 18.2 Å². The standard InChI is InChI=1S/C13H9Cl2F7N2O2/c1-23(2)10(26)24(6-3-4-7(14)8(15)5-6)9(25)11(16,17)12(18,19)13(20,21)22/h3-5H,1-2H3. The van der Waals surface area contributed by atoms with Gasteiger partial charge in [0.2, 0.25) is 0 Å². The first-order chi connectivity index (χ1) is 11.6. The summed E-state index contributed by atoms with van der Waals surface area (Å²) in [5.74, 6) is -16.1. The number of rotatable bonds is 3. The number of anilines is 1. The van der Waals surface area contributed by atoms with Crippen molar-refractivity contribution in [3.8, 4) is 0 Å². The summed E-state index contributed by atoms with van der Waals surface area (Å²) in [6, 6.07) is 0.786. The molecule has 0 fully saturated rings. The van der Waals surface area contributed by atoms with E-state index in [2.05, 4.69) is 0 Å². The van der Waals surface area contributed by atoms with Gasteiger partial charge in [0, 0.05) is 14.1 Å². The fraction of sp³-hybridized carbons (Fsp3) is 0.385. The molecule has 0 N–H and O–H groups in total. The molecule has 146 valence electrons. The van der Waals surface area contributed by atoms with Crippen LogP contribution in [-0.2, 0) is 4.79 Å². The van der Waals surface area contributed by atoms with Crippen LogP contribution >= 0.6 is 23.2 Å². The van der Waals surface area contributed by atoms with E-state index in [1.165, 1.54) is 0 Å². The predicted molar refractivity (Wildman–Crippen MR) is 79.0 cm³/mol. The summed E-state index contributed by atoms with van der Waals surface area (Å²) in [6.07, 6.45) is -6.74. The van der Waals surface area contributed by atoms with Crippen molar-refractivity contribution in [2.45, 2.75) is 18.0 Å². The molecule has 0 aliphatic rings. The number of carbonyl (C=O) groups is 2. The van der Waals surface area contributed by atoms with Crippen LogP contribution < -0.4 is 4.90 Å². The van der Waals surface area contributed by atoms with Gasteiger partial charge in [-0.2, -0.15) is 30.7 Å². The van der Waals surface area contributed by atoms with E-state index < -0.39 is 40.5 Å². The largest absolute Gasteiger partial charge is 0.460 e. The summed E-state index contributed by atoms with van der Waals surface area (Å²) in [6.45, 7) is 0. The molecule has 1 aromatic rings. The van der Waals surface area contributed by atoms with Crippen molar-refractivity contribution >= 4 is 40.8 Å². The number of urea groups is 1. The summed E-state index contributed by atoms with van der Waals surface area (Å²) in [5, 5.41) is -0.507. The number of hydrogen-bond acceptors (Lipinski definition) is 2. The second-order valence-corrected chi connectivity index (χ2v) is 5.88. The fourth-order valence-electron chi connectivity index (χ4n) is 1.59. The van der Waals surface area contributed by atoms with E-state index in [4.69, 9.17) is 23.2 Å². The monoisotopic (exact) mass is 428 g/mol. The Labute approximate surface area is 152 Å². The Hall–Kier alpha value is -1.75. The summed E-state index contributed by atoms with van der Waals surface area (Å²) >= 11 is 11.2. The van der Waals surface area contributed by atoms with Gasteiger partial charge < -0.3 is 4.90 Å². The molecular formula is C13H9Cl2F7N2O2. The number of imide groups is 1. The molecule has 0 aliphatic heterocycles. The Balaban J connectivity index is 3.55. The highest BCUT2D eigenvalue weighted by Crippen LogP contribution is 2.47. The van der Waals surface area contributed by atoms with Gasteiger partial charge in [0.05, 0.1) is 15.7 Å². The van der Waals surface area contributed by atoms with Gasteiger partial charge in [-0.15, -0.1) is 0 Å². The summed E-state index contributed by atoms with van der Waals surface area (Å²) in [5.41, 5.74) is -0.777. The molecule has 0 bridgehead atoms. The van der Waals surface area contributed by atoms with Crippen molar-refractivity contribution in [3.63, 3.8) is 0 Å². The second kappa shape index (κ2) is 7.10. The molecule has 13 heteroatoms. The maximum absolute atomic E-state index is 13.7. The van der Waals surface area contributed by atoms with Gasteiger partial charge in [-0.1, -0.05) is 23.2 Å². The molecule has 0 saturated heterocycles. The van der Waals surface area contributed by atoms with Crippen LogP contribution in [-0.4, -0.2) is 49.0 Å². The average Bonchev–Trinajstić information content (AvgIpc) is 2.49. The third-order valence-corrected chi connectivity index (χ3v) is 3.70. The summed E-state index contributed by atoms with van der Waals surface area (Å²) < 4.78 is 90.7. The average molecular weight is 429 g/mol. The molecule has 0 unspecified atom stereocenters. The third-order valence-electron chi connectivity index (χ3n) is 2.96. The minimum Gasteiger partial charge on any atom is -0.330 e. The molecule has 0 heterocycles. The first-order valence-electron chi connectivity index (χ1n) is 6.39. The van der Waals surface area contributed by atoms with Crippen LogP contribution in [0.15, 0.2) is 18.2 Å². The molecule has 0 radical (unpaired) electrons. The molecule has 0 saturated carbocycles. The summed E-state index contributed by atoms with van der Waals surface area (Å²) in [7, 11) is 1.92. The first kappa shape index (κ1) is 22.3. The second-order valence-electron chi connectivity index (χ2n) is 5.06. The van der Waals surface area contributed by atoms with Gasteiger partial charge >= 0.3 is 30.0 Å². The lowest BCUT2D eigenvalue weighted by Gasteiger charge is -2.32. The predicted octanol–water partition coefficient (Wildman–Crippen LogP) is 4.84. The maximum Gasteiger partial charge on any atom is 0.460 e. The number of amides is 3. The normalized spacial score (nSPS) is 12.7. The quantitative estimate of drug-likeness (QED) is 0.646. The molecule has 3 amide bonds. The van der Waals surface area contributed by atoms with Gasteiger partial charge in [-0.3, -0.25) is 4.79 Å². The minimum absolute atomic E-state index is 0.146. The van der Waals surface area contributed by atoms with E-state index in [1.54, 1.807) is 0 Å². The van der Waals surface area contributed by atoms with Crippen molar-refractivity contribution in [1.82, 2.24) is 4.90 Å². The Morgan fingerprint density at radius 1 is 0.923 bits per heavy atom. The smallest absolute Gasteiger partial charge is 0.330 e. The number of carbonyl (C=O) groups excluding carboxylic acids is 2. The molecular weight excluding hydrogens is 420 g/mol. The Bertz CT molecular complexity index is 723. The van der Waals surface area contributed by atoms with E-state index >= 15 is 0 Å². The Morgan fingerprint density at radius 2 is 1.42 bits per heavy atom. The van der Waals surface area contributed by atoms with Crippen molar-refractivity contribution in [2.24, 2.45) is 0 Å². The fourth-order valence-corrected chi connectivity index (χ4v) is 1.88. The van der Waals surface area contributed by atoms with Gasteiger partial charge in [0.15, 0.2) is 0 Å². The van der Waals surface area contributed by atoms with E-state index in [-0.39, 0.29) is 10.0 Å². The van der Waals surface area contributed by atoms with E-state index in [0.717, 1.165) is 26.2 Å². The molecule has 0 spiro atoms. The van der Waals surface area contributed by atoms with Crippen LogP contribution in [0.5, 0.6) is 0 Å². The van der Waals surface area contributed by atoms with Gasteiger partial charge in [-0.25, -0.2) is 9.69 Å². The number of benzene rings is 1. The lowest BCUT2D eigenvalue weighted by molar-refractivity contribution is -0.343. The molecule has 26 heavy (non-hydrogen) atoms. The molecule has 1 aromatic carbocycles. The van der Waals surface area contributed by atoms with Crippen molar-refractivity contribution < 1.29 is 40.3 Å². The van der Waals surface area contributed by atoms with Crippen LogP contribution in [0, 0.1) is 0 Å². The van der Waals surface area contributed by atoms with Crippen LogP contribution in [0.1, 0.15) is 0 Å². The van der Waals surface area contributed by atoms with Gasteiger partial charge in [0.25, 0.3) is 0 Å². The molecule has 0 atom stereocenters. The Morgan fingerprint density at radius 3 is 1.81 bits per heavy atom. The number of alkyl halides is 7. The zero-order chi connectivity index (χ0) is 20.7. The third kappa shape index (κ3) is 3.83. The van der Waals surface area contributed by atoms with Crippen molar-refractivity contribution in [1.29, 1.82) is 0 Å². The van der Waals surface area contributed by atoms with Crippen LogP contribution in [0.3, 0.4) is 0 Å². The van der Waals surface area contributed by atoms with Crippen LogP contribution in [0.4, 0.5) is 41.2 Å². The lowest BCUT2D eigenvalue weighted by Crippen LogP contribution is -2.62.